The van der Waals surface area contributed by atoms with Crippen molar-refractivity contribution in [3.05, 3.63) is 52.6 Å². The summed E-state index contributed by atoms with van der Waals surface area (Å²) in [7, 11) is 0. The molecule has 0 aliphatic carbocycles. The number of carbonyl (C=O) groups excluding carboxylic acids is 1. The molecule has 1 N–H and O–H groups in total. The highest BCUT2D eigenvalue weighted by atomic mass is 79.9. The number of amides is 1. The Balaban J connectivity index is 1.72. The van der Waals surface area contributed by atoms with Crippen LogP contribution in [0.5, 0.6) is 5.75 Å². The molecular formula is C20H22BrN3O2. The fourth-order valence-corrected chi connectivity index (χ4v) is 3.35. The number of halogens is 1. The lowest BCUT2D eigenvalue weighted by Gasteiger charge is -2.22. The van der Waals surface area contributed by atoms with Gasteiger partial charge in [0.15, 0.2) is 6.61 Å². The van der Waals surface area contributed by atoms with Gasteiger partial charge in [0.25, 0.3) is 5.91 Å². The predicted octanol–water partition coefficient (Wildman–Crippen LogP) is 4.88. The Labute approximate surface area is 161 Å². The Morgan fingerprint density at radius 1 is 1.23 bits per heavy atom. The van der Waals surface area contributed by atoms with Crippen LogP contribution < -0.4 is 10.1 Å². The van der Waals surface area contributed by atoms with Gasteiger partial charge in [0.1, 0.15) is 11.6 Å². The van der Waals surface area contributed by atoms with Crippen LogP contribution in [-0.2, 0) is 10.3 Å². The number of benzene rings is 2. The number of nitrogens with zero attached hydrogens (tertiary/aromatic N) is 2. The summed E-state index contributed by atoms with van der Waals surface area (Å²) >= 11 is 3.57. The van der Waals surface area contributed by atoms with E-state index in [1.807, 2.05) is 74.8 Å². The first-order chi connectivity index (χ1) is 12.3. The molecule has 5 nitrogen and oxygen atoms in total. The highest BCUT2D eigenvalue weighted by Crippen LogP contribution is 2.33. The van der Waals surface area contributed by atoms with Crippen molar-refractivity contribution in [3.63, 3.8) is 0 Å². The molecule has 0 aliphatic heterocycles. The van der Waals surface area contributed by atoms with Crippen molar-refractivity contribution in [2.45, 2.75) is 33.2 Å². The lowest BCUT2D eigenvalue weighted by molar-refractivity contribution is -0.118. The average molecular weight is 416 g/mol. The number of ether oxygens (including phenoxy) is 1. The SMILES string of the molecule is Cc1cc(NC(=O)COc2ccc3ccccc3c2Br)n(C(C)(C)C)n1. The number of aryl methyl sites for hydroxylation is 1. The second-order valence-electron chi connectivity index (χ2n) is 7.19. The van der Waals surface area contributed by atoms with E-state index in [-0.39, 0.29) is 18.1 Å². The van der Waals surface area contributed by atoms with Crippen LogP contribution in [0.3, 0.4) is 0 Å². The predicted molar refractivity (Wildman–Crippen MR) is 108 cm³/mol. The Hall–Kier alpha value is -2.34. The van der Waals surface area contributed by atoms with Crippen molar-refractivity contribution < 1.29 is 9.53 Å². The molecule has 0 saturated carbocycles. The Morgan fingerprint density at radius 3 is 2.69 bits per heavy atom. The van der Waals surface area contributed by atoms with Gasteiger partial charge in [-0.15, -0.1) is 0 Å². The number of carbonyl (C=O) groups is 1. The molecule has 0 radical (unpaired) electrons. The summed E-state index contributed by atoms with van der Waals surface area (Å²) in [6.45, 7) is 7.94. The van der Waals surface area contributed by atoms with Gasteiger partial charge in [-0.05, 0) is 60.5 Å². The lowest BCUT2D eigenvalue weighted by Crippen LogP contribution is -2.28. The first kappa shape index (κ1) is 18.5. The van der Waals surface area contributed by atoms with E-state index in [1.165, 1.54) is 0 Å². The monoisotopic (exact) mass is 415 g/mol. The van der Waals surface area contributed by atoms with Crippen LogP contribution in [0.25, 0.3) is 10.8 Å². The molecule has 0 aliphatic rings. The van der Waals surface area contributed by atoms with Gasteiger partial charge in [-0.1, -0.05) is 30.3 Å². The fourth-order valence-electron chi connectivity index (χ4n) is 2.75. The Bertz CT molecular complexity index is 957. The van der Waals surface area contributed by atoms with Gasteiger partial charge in [-0.25, -0.2) is 4.68 Å². The van der Waals surface area contributed by atoms with Gasteiger partial charge >= 0.3 is 0 Å². The molecule has 0 spiro atoms. The minimum absolute atomic E-state index is 0.0781. The number of aromatic nitrogens is 2. The average Bonchev–Trinajstić information content (AvgIpc) is 2.95. The van der Waals surface area contributed by atoms with Crippen molar-refractivity contribution in [2.24, 2.45) is 0 Å². The van der Waals surface area contributed by atoms with E-state index < -0.39 is 0 Å². The molecule has 0 fully saturated rings. The molecule has 0 atom stereocenters. The zero-order chi connectivity index (χ0) is 18.9. The summed E-state index contributed by atoms with van der Waals surface area (Å²) in [4.78, 5) is 12.4. The van der Waals surface area contributed by atoms with Crippen LogP contribution >= 0.6 is 15.9 Å². The van der Waals surface area contributed by atoms with Gasteiger partial charge < -0.3 is 10.1 Å². The first-order valence-corrected chi connectivity index (χ1v) is 9.22. The summed E-state index contributed by atoms with van der Waals surface area (Å²) < 4.78 is 8.38. The smallest absolute Gasteiger partial charge is 0.263 e. The highest BCUT2D eigenvalue weighted by Gasteiger charge is 2.20. The molecule has 3 aromatic rings. The second-order valence-corrected chi connectivity index (χ2v) is 7.98. The molecule has 0 unspecified atom stereocenters. The quantitative estimate of drug-likeness (QED) is 0.660. The number of anilines is 1. The van der Waals surface area contributed by atoms with Crippen LogP contribution in [0.2, 0.25) is 0 Å². The van der Waals surface area contributed by atoms with E-state index in [1.54, 1.807) is 0 Å². The second kappa shape index (κ2) is 7.11. The number of rotatable bonds is 4. The van der Waals surface area contributed by atoms with Gasteiger partial charge in [-0.2, -0.15) is 5.10 Å². The third-order valence-electron chi connectivity index (χ3n) is 3.92. The van der Waals surface area contributed by atoms with Gasteiger partial charge in [0, 0.05) is 6.07 Å². The standard InChI is InChI=1S/C20H22BrN3O2/c1-13-11-17(24(23-13)20(2,3)4)22-18(25)12-26-16-10-9-14-7-5-6-8-15(14)19(16)21/h5-11H,12H2,1-4H3,(H,22,25). The van der Waals surface area contributed by atoms with Crippen LogP contribution in [0.1, 0.15) is 26.5 Å². The molecule has 1 aromatic heterocycles. The van der Waals surface area contributed by atoms with E-state index in [4.69, 9.17) is 4.74 Å². The summed E-state index contributed by atoms with van der Waals surface area (Å²) in [5, 5.41) is 9.50. The van der Waals surface area contributed by atoms with E-state index in [0.29, 0.717) is 11.6 Å². The minimum atomic E-state index is -0.226. The summed E-state index contributed by atoms with van der Waals surface area (Å²) in [6.07, 6.45) is 0. The van der Waals surface area contributed by atoms with Gasteiger partial charge in [-0.3, -0.25) is 4.79 Å². The molecule has 2 aromatic carbocycles. The normalized spacial score (nSPS) is 11.6. The van der Waals surface area contributed by atoms with Crippen molar-refractivity contribution in [3.8, 4) is 5.75 Å². The summed E-state index contributed by atoms with van der Waals surface area (Å²) in [5.74, 6) is 1.08. The fraction of sp³-hybridized carbons (Fsp3) is 0.300. The van der Waals surface area contributed by atoms with E-state index >= 15 is 0 Å². The van der Waals surface area contributed by atoms with Crippen LogP contribution in [0, 0.1) is 6.92 Å². The molecule has 0 saturated heterocycles. The van der Waals surface area contributed by atoms with E-state index in [2.05, 4.69) is 26.3 Å². The lowest BCUT2D eigenvalue weighted by atomic mass is 10.1. The van der Waals surface area contributed by atoms with Crippen LogP contribution in [0.4, 0.5) is 5.82 Å². The number of fused-ring (bicyclic) bond motifs is 1. The van der Waals surface area contributed by atoms with Crippen molar-refractivity contribution >= 4 is 38.4 Å². The molecule has 26 heavy (non-hydrogen) atoms. The molecular weight excluding hydrogens is 394 g/mol. The number of hydrogen-bond donors (Lipinski definition) is 1. The van der Waals surface area contributed by atoms with Crippen molar-refractivity contribution in [1.29, 1.82) is 0 Å². The zero-order valence-corrected chi connectivity index (χ0v) is 16.9. The Kier molecular flexibility index (Phi) is 5.05. The summed E-state index contributed by atoms with van der Waals surface area (Å²) in [5.41, 5.74) is 0.632. The largest absolute Gasteiger partial charge is 0.483 e. The number of nitrogens with one attached hydrogen (secondary N) is 1. The van der Waals surface area contributed by atoms with Crippen molar-refractivity contribution in [1.82, 2.24) is 9.78 Å². The first-order valence-electron chi connectivity index (χ1n) is 8.43. The van der Waals surface area contributed by atoms with Crippen molar-refractivity contribution in [2.75, 3.05) is 11.9 Å². The van der Waals surface area contributed by atoms with E-state index in [0.717, 1.165) is 20.9 Å². The Morgan fingerprint density at radius 2 is 1.96 bits per heavy atom. The minimum Gasteiger partial charge on any atom is -0.483 e. The van der Waals surface area contributed by atoms with Crippen LogP contribution in [0.15, 0.2) is 46.9 Å². The maximum Gasteiger partial charge on any atom is 0.263 e. The van der Waals surface area contributed by atoms with E-state index in [9.17, 15) is 4.79 Å². The summed E-state index contributed by atoms with van der Waals surface area (Å²) in [6, 6.07) is 13.7. The maximum atomic E-state index is 12.4. The highest BCUT2D eigenvalue weighted by molar-refractivity contribution is 9.10. The maximum absolute atomic E-state index is 12.4. The van der Waals surface area contributed by atoms with Crippen LogP contribution in [-0.4, -0.2) is 22.3 Å². The zero-order valence-electron chi connectivity index (χ0n) is 15.3. The molecule has 1 amide bonds. The third-order valence-corrected chi connectivity index (χ3v) is 4.74. The molecule has 6 heteroatoms. The topological polar surface area (TPSA) is 56.1 Å². The molecule has 1 heterocycles. The molecule has 136 valence electrons. The van der Waals surface area contributed by atoms with Gasteiger partial charge in [0.2, 0.25) is 0 Å². The molecule has 3 rings (SSSR count). The molecule has 0 bridgehead atoms. The third kappa shape index (κ3) is 3.90. The number of hydrogen-bond acceptors (Lipinski definition) is 3. The van der Waals surface area contributed by atoms with Gasteiger partial charge in [0.05, 0.1) is 15.7 Å².